The summed E-state index contributed by atoms with van der Waals surface area (Å²) in [6.45, 7) is 12.9. The number of carbonyl (C=O) groups is 3. The lowest BCUT2D eigenvalue weighted by Gasteiger charge is -2.45. The first-order valence-corrected chi connectivity index (χ1v) is 16.0. The molecule has 0 bridgehead atoms. The van der Waals surface area contributed by atoms with Gasteiger partial charge in [0, 0.05) is 24.4 Å². The normalized spacial score (nSPS) is 20.3. The molecule has 0 radical (unpaired) electrons. The van der Waals surface area contributed by atoms with Crippen molar-refractivity contribution in [1.82, 2.24) is 10.6 Å². The quantitative estimate of drug-likeness (QED) is 0.100. The fraction of sp³-hybridized carbons (Fsp3) is 0.848. The van der Waals surface area contributed by atoms with E-state index in [1.165, 1.54) is 51.4 Å². The van der Waals surface area contributed by atoms with Crippen molar-refractivity contribution in [3.8, 4) is 0 Å². The van der Waals surface area contributed by atoms with E-state index < -0.39 is 34.7 Å². The van der Waals surface area contributed by atoms with E-state index in [0.29, 0.717) is 13.0 Å². The van der Waals surface area contributed by atoms with Gasteiger partial charge in [0.1, 0.15) is 11.5 Å². The van der Waals surface area contributed by atoms with Gasteiger partial charge in [0.25, 0.3) is 0 Å². The van der Waals surface area contributed by atoms with E-state index in [0.717, 1.165) is 32.1 Å². The smallest absolute Gasteiger partial charge is 0.313 e. The Morgan fingerprint density at radius 3 is 2.02 bits per heavy atom. The minimum absolute atomic E-state index is 0.132. The molecule has 238 valence electrons. The molecule has 8 nitrogen and oxygen atoms in total. The number of carbonyl (C=O) groups excluding carboxylic acids is 2. The first kappa shape index (κ1) is 37.1. The zero-order valence-corrected chi connectivity index (χ0v) is 27.1. The average Bonchev–Trinajstić information content (AvgIpc) is 2.90. The van der Waals surface area contributed by atoms with Crippen molar-refractivity contribution in [2.24, 2.45) is 10.8 Å². The molecule has 1 aliphatic heterocycles. The first-order valence-electron chi connectivity index (χ1n) is 16.0. The predicted octanol–water partition coefficient (Wildman–Crippen LogP) is 6.91. The molecule has 3 unspecified atom stereocenters. The van der Waals surface area contributed by atoms with Gasteiger partial charge in [-0.2, -0.15) is 0 Å². The average molecular weight is 581 g/mol. The number of hydrogen-bond donors (Lipinski definition) is 3. The number of rotatable bonds is 21. The van der Waals surface area contributed by atoms with E-state index in [1.54, 1.807) is 27.7 Å². The van der Waals surface area contributed by atoms with E-state index in [-0.39, 0.29) is 18.4 Å². The molecule has 1 rings (SSSR count). The highest BCUT2D eigenvalue weighted by atomic mass is 16.7. The number of unbranched alkanes of at least 4 members (excludes halogenated alkanes) is 11. The van der Waals surface area contributed by atoms with Gasteiger partial charge in [-0.1, -0.05) is 84.3 Å². The van der Waals surface area contributed by atoms with Crippen LogP contribution in [0.3, 0.4) is 0 Å². The van der Waals surface area contributed by atoms with Crippen LogP contribution < -0.4 is 10.6 Å². The van der Waals surface area contributed by atoms with Crippen LogP contribution in [0.1, 0.15) is 138 Å². The van der Waals surface area contributed by atoms with Gasteiger partial charge in [0.2, 0.25) is 11.8 Å². The van der Waals surface area contributed by atoms with Gasteiger partial charge in [0.15, 0.2) is 5.79 Å². The Kier molecular flexibility index (Phi) is 16.8. The summed E-state index contributed by atoms with van der Waals surface area (Å²) in [4.78, 5) is 37.8. The molecule has 1 fully saturated rings. The fourth-order valence-corrected chi connectivity index (χ4v) is 4.93. The second-order valence-electron chi connectivity index (χ2n) is 13.2. The van der Waals surface area contributed by atoms with Gasteiger partial charge >= 0.3 is 5.97 Å². The van der Waals surface area contributed by atoms with Crippen LogP contribution in [0.2, 0.25) is 0 Å². The van der Waals surface area contributed by atoms with Crippen molar-refractivity contribution in [1.29, 1.82) is 0 Å². The van der Waals surface area contributed by atoms with E-state index in [9.17, 15) is 19.5 Å². The number of aliphatic carboxylic acids is 1. The third-order valence-electron chi connectivity index (χ3n) is 8.26. The monoisotopic (exact) mass is 580 g/mol. The summed E-state index contributed by atoms with van der Waals surface area (Å²) in [5.41, 5.74) is -1.94. The van der Waals surface area contributed by atoms with Crippen molar-refractivity contribution in [2.75, 3.05) is 13.2 Å². The molecule has 0 saturated carbocycles. The molecular formula is C33H60N2O6. The predicted molar refractivity (Wildman–Crippen MR) is 164 cm³/mol. The molecule has 8 heteroatoms. The summed E-state index contributed by atoms with van der Waals surface area (Å²) in [7, 11) is 0. The second-order valence-corrected chi connectivity index (χ2v) is 13.2. The summed E-state index contributed by atoms with van der Waals surface area (Å²) in [6, 6.07) is -0.670. The maximum absolute atomic E-state index is 13.0. The van der Waals surface area contributed by atoms with Gasteiger partial charge < -0.3 is 25.2 Å². The fourth-order valence-electron chi connectivity index (χ4n) is 4.93. The summed E-state index contributed by atoms with van der Waals surface area (Å²) in [5, 5.41) is 15.6. The van der Waals surface area contributed by atoms with Gasteiger partial charge in [0.05, 0.1) is 6.61 Å². The molecular weight excluding hydrogens is 520 g/mol. The highest BCUT2D eigenvalue weighted by Crippen LogP contribution is 2.35. The van der Waals surface area contributed by atoms with Crippen molar-refractivity contribution in [3.63, 3.8) is 0 Å². The molecule has 0 spiro atoms. The topological polar surface area (TPSA) is 114 Å². The minimum Gasteiger partial charge on any atom is -0.481 e. The largest absolute Gasteiger partial charge is 0.481 e. The SMILES string of the molecule is CCCCCCCC/C=C\CCCCCCCC(=O)NC(C)C(C)(CNC(=O)C1OC(C)(C)OCC1(C)C)C(=O)O. The lowest BCUT2D eigenvalue weighted by Crippen LogP contribution is -2.59. The van der Waals surface area contributed by atoms with Crippen molar-refractivity contribution < 1.29 is 29.0 Å². The number of nitrogens with one attached hydrogen (secondary N) is 2. The third-order valence-corrected chi connectivity index (χ3v) is 8.26. The zero-order valence-electron chi connectivity index (χ0n) is 27.1. The maximum atomic E-state index is 13.0. The molecule has 0 aromatic carbocycles. The molecule has 1 heterocycles. The summed E-state index contributed by atoms with van der Waals surface area (Å²) >= 11 is 0. The van der Waals surface area contributed by atoms with Crippen LogP contribution in [0.4, 0.5) is 0 Å². The second kappa shape index (κ2) is 18.6. The number of carboxylic acid groups (broad SMARTS) is 1. The zero-order chi connectivity index (χ0) is 30.9. The van der Waals surface area contributed by atoms with Crippen LogP contribution in [0.25, 0.3) is 0 Å². The molecule has 3 atom stereocenters. The Morgan fingerprint density at radius 2 is 1.46 bits per heavy atom. The lowest BCUT2D eigenvalue weighted by atomic mass is 9.81. The Bertz CT molecular complexity index is 825. The highest BCUT2D eigenvalue weighted by Gasteiger charge is 2.47. The molecule has 1 saturated heterocycles. The molecule has 0 aromatic rings. The van der Waals surface area contributed by atoms with E-state index in [2.05, 4.69) is 29.7 Å². The number of carboxylic acids is 1. The Labute approximate surface area is 249 Å². The third kappa shape index (κ3) is 14.2. The van der Waals surface area contributed by atoms with Gasteiger partial charge in [-0.3, -0.25) is 14.4 Å². The summed E-state index contributed by atoms with van der Waals surface area (Å²) in [6.07, 6.45) is 19.7. The lowest BCUT2D eigenvalue weighted by molar-refractivity contribution is -0.304. The maximum Gasteiger partial charge on any atom is 0.313 e. The van der Waals surface area contributed by atoms with E-state index >= 15 is 0 Å². The molecule has 3 N–H and O–H groups in total. The van der Waals surface area contributed by atoms with Crippen LogP contribution in [0.5, 0.6) is 0 Å². The van der Waals surface area contributed by atoms with E-state index in [1.807, 2.05) is 13.8 Å². The molecule has 1 aliphatic rings. The van der Waals surface area contributed by atoms with Crippen molar-refractivity contribution >= 4 is 17.8 Å². The summed E-state index contributed by atoms with van der Waals surface area (Å²) < 4.78 is 11.5. The van der Waals surface area contributed by atoms with Crippen molar-refractivity contribution in [3.05, 3.63) is 12.2 Å². The highest BCUT2D eigenvalue weighted by molar-refractivity contribution is 5.84. The van der Waals surface area contributed by atoms with Crippen LogP contribution in [-0.4, -0.2) is 54.0 Å². The number of amides is 2. The number of ether oxygens (including phenoxy) is 2. The molecule has 0 aliphatic carbocycles. The number of allylic oxidation sites excluding steroid dienone is 2. The standard InChI is InChI=1S/C33H60N2O6/c1-8-9-10-11-12-13-14-15-16-17-18-19-20-21-22-23-27(36)35-26(2)33(7,30(38)39)24-34-29(37)28-31(3,4)25-40-32(5,6)41-28/h15-16,26,28H,8-14,17-25H2,1-7H3,(H,34,37)(H,35,36)(H,38,39)/b16-15-. The molecule has 2 amide bonds. The van der Waals surface area contributed by atoms with Crippen LogP contribution in [0.15, 0.2) is 12.2 Å². The minimum atomic E-state index is -1.38. The van der Waals surface area contributed by atoms with Crippen LogP contribution in [0, 0.1) is 10.8 Å². The molecule has 41 heavy (non-hydrogen) atoms. The van der Waals surface area contributed by atoms with Gasteiger partial charge in [-0.25, -0.2) is 0 Å². The Morgan fingerprint density at radius 1 is 0.927 bits per heavy atom. The van der Waals surface area contributed by atoms with Crippen LogP contribution >= 0.6 is 0 Å². The van der Waals surface area contributed by atoms with Crippen molar-refractivity contribution in [2.45, 2.75) is 156 Å². The van der Waals surface area contributed by atoms with Gasteiger partial charge in [-0.05, 0) is 59.8 Å². The number of hydrogen-bond acceptors (Lipinski definition) is 5. The first-order chi connectivity index (χ1) is 19.2. The van der Waals surface area contributed by atoms with Gasteiger partial charge in [-0.15, -0.1) is 0 Å². The Hall–Kier alpha value is -1.93. The van der Waals surface area contributed by atoms with Crippen LogP contribution in [-0.2, 0) is 23.9 Å². The molecule has 0 aromatic heterocycles. The Balaban J connectivity index is 2.31. The summed E-state index contributed by atoms with van der Waals surface area (Å²) in [5.74, 6) is -2.53. The van der Waals surface area contributed by atoms with E-state index in [4.69, 9.17) is 9.47 Å².